The molecule has 49 heavy (non-hydrogen) atoms. The number of pyridine rings is 1. The van der Waals surface area contributed by atoms with E-state index in [0.29, 0.717) is 29.0 Å². The SMILES string of the molecule is CC(=O)NCCc1ccc(S(=O)(=O)N2CCSC2C(=O)OC(Cc2c(Cl)c[n+]([O-])cc2Cl)c2ccc(OC(F)F)c(OCC3CC3)c2)cc1. The first-order valence-corrected chi connectivity index (χ1v) is 18.5. The van der Waals surface area contributed by atoms with Crippen LogP contribution in [-0.4, -0.2) is 62.0 Å². The number of esters is 1. The Kier molecular flexibility index (Phi) is 12.1. The average molecular weight is 761 g/mol. The third-order valence-electron chi connectivity index (χ3n) is 7.80. The van der Waals surface area contributed by atoms with Crippen molar-refractivity contribution < 1.29 is 45.7 Å². The highest BCUT2D eigenvalue weighted by Gasteiger charge is 2.42. The Labute approximate surface area is 296 Å². The largest absolute Gasteiger partial charge is 0.619 e. The minimum absolute atomic E-state index is 0.00775. The molecular weight excluding hydrogens is 727 g/mol. The van der Waals surface area contributed by atoms with E-state index in [1.165, 1.54) is 37.3 Å². The Hall–Kier alpha value is -3.37. The van der Waals surface area contributed by atoms with Gasteiger partial charge in [0.1, 0.15) is 16.1 Å². The first-order chi connectivity index (χ1) is 23.3. The van der Waals surface area contributed by atoms with Crippen molar-refractivity contribution in [2.45, 2.75) is 55.6 Å². The van der Waals surface area contributed by atoms with Crippen LogP contribution in [0.2, 0.25) is 10.0 Å². The van der Waals surface area contributed by atoms with E-state index < -0.39 is 34.1 Å². The van der Waals surface area contributed by atoms with Crippen LogP contribution in [0.25, 0.3) is 0 Å². The monoisotopic (exact) mass is 759 g/mol. The average Bonchev–Trinajstić information content (AvgIpc) is 3.73. The van der Waals surface area contributed by atoms with Crippen LogP contribution in [0.4, 0.5) is 8.78 Å². The van der Waals surface area contributed by atoms with Crippen LogP contribution in [0, 0.1) is 11.1 Å². The maximum absolute atomic E-state index is 13.8. The van der Waals surface area contributed by atoms with Gasteiger partial charge in [0.2, 0.25) is 15.9 Å². The number of sulfonamides is 1. The minimum Gasteiger partial charge on any atom is -0.619 e. The summed E-state index contributed by atoms with van der Waals surface area (Å²) in [4.78, 5) is 25.0. The van der Waals surface area contributed by atoms with Gasteiger partial charge < -0.3 is 24.7 Å². The molecule has 1 aliphatic heterocycles. The molecule has 2 fully saturated rings. The van der Waals surface area contributed by atoms with Crippen molar-refractivity contribution in [1.82, 2.24) is 9.62 Å². The van der Waals surface area contributed by atoms with Gasteiger partial charge in [0.15, 0.2) is 29.3 Å². The van der Waals surface area contributed by atoms with Gasteiger partial charge in [-0.25, -0.2) is 13.2 Å². The number of carbonyl (C=O) groups excluding carboxylic acids is 2. The number of rotatable bonds is 15. The molecule has 5 rings (SSSR count). The quantitative estimate of drug-likeness (QED) is 0.125. The van der Waals surface area contributed by atoms with Crippen molar-refractivity contribution in [3.8, 4) is 11.5 Å². The van der Waals surface area contributed by atoms with Gasteiger partial charge in [-0.05, 0) is 60.6 Å². The smallest absolute Gasteiger partial charge is 0.387 e. The Bertz CT molecular complexity index is 1760. The van der Waals surface area contributed by atoms with Crippen LogP contribution in [0.5, 0.6) is 11.5 Å². The van der Waals surface area contributed by atoms with Crippen LogP contribution >= 0.6 is 35.0 Å². The number of benzene rings is 2. The number of hydrogen-bond donors (Lipinski definition) is 1. The Morgan fingerprint density at radius 3 is 2.43 bits per heavy atom. The number of nitrogens with zero attached hydrogens (tertiary/aromatic N) is 2. The third kappa shape index (κ3) is 9.66. The number of thioether (sulfide) groups is 1. The zero-order chi connectivity index (χ0) is 35.3. The van der Waals surface area contributed by atoms with Gasteiger partial charge in [-0.1, -0.05) is 41.4 Å². The maximum atomic E-state index is 13.8. The molecule has 0 radical (unpaired) electrons. The van der Waals surface area contributed by atoms with Crippen molar-refractivity contribution in [3.05, 3.63) is 86.8 Å². The number of amides is 1. The Morgan fingerprint density at radius 2 is 1.80 bits per heavy atom. The second-order valence-corrected chi connectivity index (χ2v) is 15.4. The molecule has 0 bridgehead atoms. The molecule has 2 unspecified atom stereocenters. The molecule has 2 heterocycles. The molecule has 3 aromatic rings. The van der Waals surface area contributed by atoms with Crippen LogP contribution in [-0.2, 0) is 37.2 Å². The molecule has 1 aromatic heterocycles. The first-order valence-electron chi connectivity index (χ1n) is 15.3. The van der Waals surface area contributed by atoms with Crippen LogP contribution in [0.3, 0.4) is 0 Å². The maximum Gasteiger partial charge on any atom is 0.387 e. The first kappa shape index (κ1) is 36.9. The molecule has 1 saturated carbocycles. The molecule has 1 amide bonds. The number of hydrogen-bond acceptors (Lipinski definition) is 9. The topological polar surface area (TPSA) is 138 Å². The Balaban J connectivity index is 1.41. The molecule has 0 spiro atoms. The number of alkyl halides is 2. The summed E-state index contributed by atoms with van der Waals surface area (Å²) in [5, 5.41) is 13.3. The lowest BCUT2D eigenvalue weighted by molar-refractivity contribution is -0.605. The van der Waals surface area contributed by atoms with E-state index >= 15 is 0 Å². The van der Waals surface area contributed by atoms with Crippen molar-refractivity contribution in [2.75, 3.05) is 25.4 Å². The number of aromatic nitrogens is 1. The standard InChI is InChI=1S/C32H33Cl2F2N3O8S2/c1-19(40)37-11-10-20-4-7-23(8-5-20)49(43,44)39-12-13-48-30(39)31(41)46-28(15-24-25(33)16-38(42)17-26(24)34)22-6-9-27(47-32(35)36)29(14-22)45-18-21-2-3-21/h4-9,14,16-17,21,28,30,32H,2-3,10-13,15,18H2,1H3,(H,37,40). The fraction of sp³-hybridized carbons (Fsp3) is 0.406. The highest BCUT2D eigenvalue weighted by Crippen LogP contribution is 2.39. The summed E-state index contributed by atoms with van der Waals surface area (Å²) in [5.74, 6) is -0.651. The second-order valence-electron chi connectivity index (χ2n) is 11.5. The molecule has 2 atom stereocenters. The molecule has 264 valence electrons. The van der Waals surface area contributed by atoms with Crippen LogP contribution < -0.4 is 19.5 Å². The molecule has 17 heteroatoms. The zero-order valence-corrected chi connectivity index (χ0v) is 29.3. The number of nitrogens with one attached hydrogen (secondary N) is 1. The summed E-state index contributed by atoms with van der Waals surface area (Å²) in [5.41, 5.74) is 1.39. The lowest BCUT2D eigenvalue weighted by Crippen LogP contribution is -2.40. The zero-order valence-electron chi connectivity index (χ0n) is 26.2. The summed E-state index contributed by atoms with van der Waals surface area (Å²) >= 11 is 13.8. The molecule has 1 N–H and O–H groups in total. The predicted octanol–water partition coefficient (Wildman–Crippen LogP) is 5.29. The lowest BCUT2D eigenvalue weighted by Gasteiger charge is -2.26. The van der Waals surface area contributed by atoms with E-state index in [9.17, 15) is 32.0 Å². The highest BCUT2D eigenvalue weighted by molar-refractivity contribution is 8.02. The number of carbonyl (C=O) groups is 2. The normalized spacial score (nSPS) is 17.1. The minimum atomic E-state index is -4.14. The molecule has 1 aliphatic carbocycles. The molecule has 1 saturated heterocycles. The number of halogens is 4. The fourth-order valence-electron chi connectivity index (χ4n) is 5.09. The van der Waals surface area contributed by atoms with Crippen molar-refractivity contribution >= 4 is 56.9 Å². The molecule has 2 aliphatic rings. The van der Waals surface area contributed by atoms with Crippen molar-refractivity contribution in [3.63, 3.8) is 0 Å². The summed E-state index contributed by atoms with van der Waals surface area (Å²) in [6, 6.07) is 10.3. The van der Waals surface area contributed by atoms with Gasteiger partial charge >= 0.3 is 12.6 Å². The fourth-order valence-corrected chi connectivity index (χ4v) is 8.74. The Morgan fingerprint density at radius 1 is 1.10 bits per heavy atom. The molecule has 2 aromatic carbocycles. The lowest BCUT2D eigenvalue weighted by atomic mass is 10.0. The summed E-state index contributed by atoms with van der Waals surface area (Å²) < 4.78 is 71.8. The van der Waals surface area contributed by atoms with Gasteiger partial charge in [-0.15, -0.1) is 11.8 Å². The second kappa shape index (κ2) is 16.1. The van der Waals surface area contributed by atoms with E-state index in [1.807, 2.05) is 0 Å². The van der Waals surface area contributed by atoms with E-state index in [4.69, 9.17) is 32.7 Å². The summed E-state index contributed by atoms with van der Waals surface area (Å²) in [6.45, 7) is -0.998. The van der Waals surface area contributed by atoms with E-state index in [1.54, 1.807) is 12.1 Å². The summed E-state index contributed by atoms with van der Waals surface area (Å²) in [7, 11) is -4.14. The molecule has 11 nitrogen and oxygen atoms in total. The van der Waals surface area contributed by atoms with Crippen molar-refractivity contribution in [2.24, 2.45) is 5.92 Å². The van der Waals surface area contributed by atoms with E-state index in [2.05, 4.69) is 10.1 Å². The van der Waals surface area contributed by atoms with Crippen LogP contribution in [0.15, 0.2) is 59.8 Å². The number of ether oxygens (including phenoxy) is 3. The van der Waals surface area contributed by atoms with Gasteiger partial charge in [0, 0.05) is 37.8 Å². The van der Waals surface area contributed by atoms with Crippen molar-refractivity contribution in [1.29, 1.82) is 0 Å². The third-order valence-corrected chi connectivity index (χ3v) is 11.6. The highest BCUT2D eigenvalue weighted by atomic mass is 35.5. The van der Waals surface area contributed by atoms with Gasteiger partial charge in [-0.3, -0.25) is 4.79 Å². The van der Waals surface area contributed by atoms with E-state index in [0.717, 1.165) is 46.9 Å². The van der Waals surface area contributed by atoms with Gasteiger partial charge in [0.05, 0.1) is 11.5 Å². The molecular formula is C32H33Cl2F2N3O8S2. The van der Waals surface area contributed by atoms with Crippen LogP contribution in [0.1, 0.15) is 42.6 Å². The predicted molar refractivity (Wildman–Crippen MR) is 178 cm³/mol. The van der Waals surface area contributed by atoms with E-state index in [-0.39, 0.29) is 63.4 Å². The summed E-state index contributed by atoms with van der Waals surface area (Å²) in [6.07, 6.45) is 3.24. The van der Waals surface area contributed by atoms with Gasteiger partial charge in [-0.2, -0.15) is 17.8 Å². The van der Waals surface area contributed by atoms with Gasteiger partial charge in [0.25, 0.3) is 0 Å².